The van der Waals surface area contributed by atoms with E-state index < -0.39 is 0 Å². The summed E-state index contributed by atoms with van der Waals surface area (Å²) >= 11 is 0. The van der Waals surface area contributed by atoms with E-state index >= 15 is 0 Å². The van der Waals surface area contributed by atoms with Crippen LogP contribution in [0.4, 0.5) is 0 Å². The number of fused-ring (bicyclic) bond motifs is 1. The van der Waals surface area contributed by atoms with Crippen LogP contribution in [0.25, 0.3) is 10.8 Å². The fraction of sp³-hybridized carbons (Fsp3) is 0. The Morgan fingerprint density at radius 2 is 1.42 bits per heavy atom. The maximum absolute atomic E-state index is 12.2. The molecule has 0 saturated heterocycles. The van der Waals surface area contributed by atoms with Gasteiger partial charge in [-0.3, -0.25) is 0 Å². The average molecular weight is 248 g/mol. The molecule has 0 aromatic heterocycles. The smallest absolute Gasteiger partial charge is 0.344 e. The van der Waals surface area contributed by atoms with E-state index in [1.54, 1.807) is 18.2 Å². The highest BCUT2D eigenvalue weighted by Crippen LogP contribution is 2.20. The maximum atomic E-state index is 12.2. The van der Waals surface area contributed by atoms with E-state index in [2.05, 4.69) is 0 Å². The van der Waals surface area contributed by atoms with Crippen molar-refractivity contribution in [1.82, 2.24) is 0 Å². The van der Waals surface area contributed by atoms with Gasteiger partial charge in [-0.25, -0.2) is 4.79 Å². The second-order valence-corrected chi connectivity index (χ2v) is 4.23. The average Bonchev–Trinajstić information content (AvgIpc) is 2.47. The van der Waals surface area contributed by atoms with Crippen molar-refractivity contribution in [3.8, 4) is 5.75 Å². The van der Waals surface area contributed by atoms with Crippen molar-refractivity contribution in [1.29, 1.82) is 0 Å². The van der Waals surface area contributed by atoms with Crippen molar-refractivity contribution in [2.75, 3.05) is 0 Å². The van der Waals surface area contributed by atoms with Crippen LogP contribution >= 0.6 is 0 Å². The Balaban J connectivity index is 1.98. The largest absolute Gasteiger partial charge is 0.423 e. The highest BCUT2D eigenvalue weighted by Gasteiger charge is 2.11. The Morgan fingerprint density at radius 1 is 0.737 bits per heavy atom. The zero-order valence-corrected chi connectivity index (χ0v) is 10.2. The van der Waals surface area contributed by atoms with Crippen molar-refractivity contribution >= 4 is 16.7 Å². The van der Waals surface area contributed by atoms with E-state index in [0.717, 1.165) is 10.8 Å². The van der Waals surface area contributed by atoms with Gasteiger partial charge in [0.1, 0.15) is 5.75 Å². The standard InChI is InChI=1S/C17H12O2/c18-17(19-14-9-2-1-3-10-14)16-12-6-8-13-7-4-5-11-15(13)16/h1-12H. The number of carbonyl (C=O) groups is 1. The predicted octanol–water partition coefficient (Wildman–Crippen LogP) is 4.06. The van der Waals surface area contributed by atoms with Crippen molar-refractivity contribution in [2.24, 2.45) is 0 Å². The predicted molar refractivity (Wildman–Crippen MR) is 75.3 cm³/mol. The molecule has 0 radical (unpaired) electrons. The van der Waals surface area contributed by atoms with Crippen LogP contribution in [0.1, 0.15) is 10.4 Å². The van der Waals surface area contributed by atoms with Crippen LogP contribution in [0, 0.1) is 0 Å². The SMILES string of the molecule is O=C(Oc1ccccc1)c1cccc2ccccc12. The van der Waals surface area contributed by atoms with Crippen LogP contribution in [0.15, 0.2) is 72.8 Å². The summed E-state index contributed by atoms with van der Waals surface area (Å²) in [5.74, 6) is 0.225. The monoisotopic (exact) mass is 248 g/mol. The number of benzene rings is 3. The minimum absolute atomic E-state index is 0.331. The molecule has 0 spiro atoms. The number of para-hydroxylation sites is 1. The number of hydrogen-bond donors (Lipinski definition) is 0. The van der Waals surface area contributed by atoms with Gasteiger partial charge >= 0.3 is 5.97 Å². The van der Waals surface area contributed by atoms with Crippen LogP contribution in [-0.2, 0) is 0 Å². The zero-order valence-electron chi connectivity index (χ0n) is 10.2. The molecule has 0 N–H and O–H groups in total. The minimum Gasteiger partial charge on any atom is -0.423 e. The molecular weight excluding hydrogens is 236 g/mol. The molecule has 19 heavy (non-hydrogen) atoms. The third kappa shape index (κ3) is 2.33. The highest BCUT2D eigenvalue weighted by atomic mass is 16.5. The molecule has 0 aliphatic heterocycles. The summed E-state index contributed by atoms with van der Waals surface area (Å²) in [6.45, 7) is 0. The number of hydrogen-bond acceptors (Lipinski definition) is 2. The van der Waals surface area contributed by atoms with Crippen molar-refractivity contribution in [3.63, 3.8) is 0 Å². The van der Waals surface area contributed by atoms with Gasteiger partial charge in [0.2, 0.25) is 0 Å². The molecule has 0 saturated carbocycles. The van der Waals surface area contributed by atoms with Crippen LogP contribution in [0.2, 0.25) is 0 Å². The van der Waals surface area contributed by atoms with Gasteiger partial charge in [-0.15, -0.1) is 0 Å². The van der Waals surface area contributed by atoms with Gasteiger partial charge in [0.15, 0.2) is 0 Å². The van der Waals surface area contributed by atoms with Gasteiger partial charge in [-0.05, 0) is 29.0 Å². The van der Waals surface area contributed by atoms with E-state index in [1.807, 2.05) is 54.6 Å². The first-order valence-electron chi connectivity index (χ1n) is 6.09. The van der Waals surface area contributed by atoms with Crippen LogP contribution in [-0.4, -0.2) is 5.97 Å². The van der Waals surface area contributed by atoms with E-state index in [9.17, 15) is 4.79 Å². The maximum Gasteiger partial charge on any atom is 0.344 e. The van der Waals surface area contributed by atoms with Gasteiger partial charge in [0, 0.05) is 0 Å². The minimum atomic E-state index is -0.331. The Labute approximate surface area is 111 Å². The summed E-state index contributed by atoms with van der Waals surface area (Å²) in [5, 5.41) is 1.94. The molecule has 0 aliphatic carbocycles. The summed E-state index contributed by atoms with van der Waals surface area (Å²) in [7, 11) is 0. The molecule has 0 atom stereocenters. The first-order valence-corrected chi connectivity index (χ1v) is 6.09. The summed E-state index contributed by atoms with van der Waals surface area (Å²) in [6, 6.07) is 22.5. The molecule has 0 fully saturated rings. The van der Waals surface area contributed by atoms with Gasteiger partial charge in [-0.1, -0.05) is 54.6 Å². The molecule has 0 heterocycles. The van der Waals surface area contributed by atoms with Crippen LogP contribution in [0.5, 0.6) is 5.75 Å². The number of ether oxygens (including phenoxy) is 1. The molecule has 92 valence electrons. The Kier molecular flexibility index (Phi) is 2.99. The molecule has 0 aliphatic rings. The molecule has 2 nitrogen and oxygen atoms in total. The quantitative estimate of drug-likeness (QED) is 0.505. The van der Waals surface area contributed by atoms with Gasteiger partial charge in [0.25, 0.3) is 0 Å². The van der Waals surface area contributed by atoms with E-state index in [4.69, 9.17) is 4.74 Å². The number of rotatable bonds is 2. The summed E-state index contributed by atoms with van der Waals surface area (Å²) in [5.41, 5.74) is 0.585. The van der Waals surface area contributed by atoms with Crippen molar-refractivity contribution < 1.29 is 9.53 Å². The normalized spacial score (nSPS) is 10.3. The fourth-order valence-electron chi connectivity index (χ4n) is 2.05. The first-order chi connectivity index (χ1) is 9.34. The molecule has 3 rings (SSSR count). The molecule has 3 aromatic carbocycles. The molecule has 0 bridgehead atoms. The topological polar surface area (TPSA) is 26.3 Å². The van der Waals surface area contributed by atoms with Gasteiger partial charge < -0.3 is 4.74 Å². The van der Waals surface area contributed by atoms with Crippen molar-refractivity contribution in [3.05, 3.63) is 78.4 Å². The van der Waals surface area contributed by atoms with E-state index in [1.165, 1.54) is 0 Å². The first kappa shape index (κ1) is 11.5. The van der Waals surface area contributed by atoms with Crippen LogP contribution in [0.3, 0.4) is 0 Å². The lowest BCUT2D eigenvalue weighted by molar-refractivity contribution is 0.0737. The second kappa shape index (κ2) is 4.94. The molecule has 0 unspecified atom stereocenters. The molecule has 0 amide bonds. The molecule has 3 aromatic rings. The number of carbonyl (C=O) groups excluding carboxylic acids is 1. The lowest BCUT2D eigenvalue weighted by atomic mass is 10.0. The third-order valence-corrected chi connectivity index (χ3v) is 2.96. The van der Waals surface area contributed by atoms with Crippen molar-refractivity contribution in [2.45, 2.75) is 0 Å². The van der Waals surface area contributed by atoms with Gasteiger partial charge in [-0.2, -0.15) is 0 Å². The Hall–Kier alpha value is -2.61. The molecule has 2 heteroatoms. The van der Waals surface area contributed by atoms with Gasteiger partial charge in [0.05, 0.1) is 5.56 Å². The zero-order chi connectivity index (χ0) is 13.1. The summed E-state index contributed by atoms with van der Waals surface area (Å²) < 4.78 is 5.37. The second-order valence-electron chi connectivity index (χ2n) is 4.23. The molecular formula is C17H12O2. The fourth-order valence-corrected chi connectivity index (χ4v) is 2.05. The third-order valence-electron chi connectivity index (χ3n) is 2.96. The van der Waals surface area contributed by atoms with E-state index in [-0.39, 0.29) is 5.97 Å². The summed E-state index contributed by atoms with van der Waals surface area (Å²) in [4.78, 5) is 12.2. The summed E-state index contributed by atoms with van der Waals surface area (Å²) in [6.07, 6.45) is 0. The van der Waals surface area contributed by atoms with Crippen LogP contribution < -0.4 is 4.74 Å². The highest BCUT2D eigenvalue weighted by molar-refractivity contribution is 6.05. The lowest BCUT2D eigenvalue weighted by Gasteiger charge is -2.06. The Bertz CT molecular complexity index is 712. The Morgan fingerprint density at radius 3 is 2.26 bits per heavy atom. The van der Waals surface area contributed by atoms with E-state index in [0.29, 0.717) is 11.3 Å². The number of esters is 1. The lowest BCUT2D eigenvalue weighted by Crippen LogP contribution is -2.08.